The highest BCUT2D eigenvalue weighted by Crippen LogP contribution is 2.20. The molecule has 0 bridgehead atoms. The van der Waals surface area contributed by atoms with E-state index >= 15 is 0 Å². The highest BCUT2D eigenvalue weighted by Gasteiger charge is 2.28. The zero-order valence-corrected chi connectivity index (χ0v) is 16.0. The van der Waals surface area contributed by atoms with Crippen LogP contribution in [0.2, 0.25) is 5.02 Å². The number of hydrogen-bond acceptors (Lipinski definition) is 2. The van der Waals surface area contributed by atoms with Crippen LogP contribution in [0.3, 0.4) is 0 Å². The fraction of sp³-hybridized carbons (Fsp3) is 0.474. The number of rotatable bonds is 4. The van der Waals surface area contributed by atoms with E-state index in [1.54, 1.807) is 6.92 Å². The van der Waals surface area contributed by atoms with Gasteiger partial charge in [-0.2, -0.15) is 0 Å². The number of urea groups is 1. The van der Waals surface area contributed by atoms with Gasteiger partial charge in [0.2, 0.25) is 5.91 Å². The second-order valence-corrected chi connectivity index (χ2v) is 7.17. The van der Waals surface area contributed by atoms with Crippen LogP contribution < -0.4 is 5.32 Å². The molecule has 0 unspecified atom stereocenters. The van der Waals surface area contributed by atoms with Gasteiger partial charge in [0.05, 0.1) is 12.6 Å². The fourth-order valence-corrected chi connectivity index (χ4v) is 3.77. The number of aromatic nitrogens is 1. The van der Waals surface area contributed by atoms with Crippen molar-refractivity contribution in [3.05, 3.63) is 35.0 Å². The van der Waals surface area contributed by atoms with E-state index in [2.05, 4.69) is 10.3 Å². The largest absolute Gasteiger partial charge is 0.357 e. The van der Waals surface area contributed by atoms with Crippen molar-refractivity contribution in [2.45, 2.75) is 39.3 Å². The number of H-pyrrole nitrogens is 1. The van der Waals surface area contributed by atoms with Crippen LogP contribution in [-0.2, 0) is 11.3 Å². The molecular weight excluding hydrogens is 352 g/mol. The minimum atomic E-state index is -0.0976. The van der Waals surface area contributed by atoms with Crippen molar-refractivity contribution < 1.29 is 9.59 Å². The van der Waals surface area contributed by atoms with Crippen LogP contribution >= 0.6 is 11.6 Å². The minimum Gasteiger partial charge on any atom is -0.357 e. The number of benzene rings is 1. The highest BCUT2D eigenvalue weighted by molar-refractivity contribution is 6.31. The van der Waals surface area contributed by atoms with E-state index in [4.69, 9.17) is 11.6 Å². The number of nitrogens with zero attached hydrogens (tertiary/aromatic N) is 2. The van der Waals surface area contributed by atoms with Gasteiger partial charge in [0, 0.05) is 48.2 Å². The number of aromatic amines is 1. The number of likely N-dealkylation sites (N-methyl/N-ethyl adjacent to an activating group) is 1. The Hall–Kier alpha value is -2.21. The molecule has 3 rings (SSSR count). The molecule has 0 spiro atoms. The lowest BCUT2D eigenvalue weighted by atomic mass is 10.0. The lowest BCUT2D eigenvalue weighted by Gasteiger charge is -2.38. The minimum absolute atomic E-state index is 0.0687. The number of carbonyl (C=O) groups excluding carboxylic acids is 2. The third-order valence-corrected chi connectivity index (χ3v) is 5.19. The first-order chi connectivity index (χ1) is 12.5. The maximum absolute atomic E-state index is 12.7. The molecule has 3 amide bonds. The third kappa shape index (κ3) is 4.12. The van der Waals surface area contributed by atoms with Crippen molar-refractivity contribution in [1.29, 1.82) is 0 Å². The number of halogens is 1. The number of nitrogens with one attached hydrogen (secondary N) is 2. The van der Waals surface area contributed by atoms with E-state index < -0.39 is 0 Å². The van der Waals surface area contributed by atoms with Crippen molar-refractivity contribution in [1.82, 2.24) is 20.1 Å². The SMILES string of the molecule is CCN(C(=O)NCc1cc2cc(Cl)ccc2[nH]1)[C@@H]1CCCN(C(C)=O)C1. The quantitative estimate of drug-likeness (QED) is 0.859. The standard InChI is InChI=1S/C19H25ClN4O2/c1-3-24(17-5-4-8-23(12-17)13(2)25)19(26)21-11-16-10-14-9-15(20)6-7-18(14)22-16/h6-7,9-10,17,22H,3-5,8,11-12H2,1-2H3,(H,21,26)/t17-/m1/s1. The zero-order chi connectivity index (χ0) is 18.7. The van der Waals surface area contributed by atoms with Gasteiger partial charge in [0.1, 0.15) is 0 Å². The Morgan fingerprint density at radius 3 is 2.92 bits per heavy atom. The molecule has 1 aliphatic heterocycles. The molecule has 1 fully saturated rings. The second kappa shape index (κ2) is 7.99. The molecule has 7 heteroatoms. The molecule has 140 valence electrons. The van der Waals surface area contributed by atoms with Gasteiger partial charge in [-0.1, -0.05) is 11.6 Å². The summed E-state index contributed by atoms with van der Waals surface area (Å²) in [4.78, 5) is 31.3. The average Bonchev–Trinajstić information content (AvgIpc) is 3.03. The maximum atomic E-state index is 12.7. The first kappa shape index (κ1) is 18.6. The summed E-state index contributed by atoms with van der Waals surface area (Å²) in [5.74, 6) is 0.0721. The van der Waals surface area contributed by atoms with Gasteiger partial charge in [-0.15, -0.1) is 0 Å². The number of hydrogen-bond donors (Lipinski definition) is 2. The van der Waals surface area contributed by atoms with E-state index in [0.717, 1.165) is 36.0 Å². The Balaban J connectivity index is 1.62. The van der Waals surface area contributed by atoms with Gasteiger partial charge in [0.15, 0.2) is 0 Å². The van der Waals surface area contributed by atoms with Crippen LogP contribution in [0.15, 0.2) is 24.3 Å². The Kier molecular flexibility index (Phi) is 5.71. The van der Waals surface area contributed by atoms with Gasteiger partial charge < -0.3 is 20.1 Å². The lowest BCUT2D eigenvalue weighted by Crippen LogP contribution is -2.53. The van der Waals surface area contributed by atoms with Crippen LogP contribution in [0.25, 0.3) is 10.9 Å². The van der Waals surface area contributed by atoms with Gasteiger partial charge in [0.25, 0.3) is 0 Å². The maximum Gasteiger partial charge on any atom is 0.318 e. The molecule has 2 N–H and O–H groups in total. The topological polar surface area (TPSA) is 68.4 Å². The highest BCUT2D eigenvalue weighted by atomic mass is 35.5. The number of carbonyl (C=O) groups is 2. The van der Waals surface area contributed by atoms with Crippen molar-refractivity contribution in [3.8, 4) is 0 Å². The third-order valence-electron chi connectivity index (χ3n) is 4.95. The van der Waals surface area contributed by atoms with Gasteiger partial charge in [-0.05, 0) is 44.0 Å². The second-order valence-electron chi connectivity index (χ2n) is 6.73. The number of amides is 3. The van der Waals surface area contributed by atoms with Crippen molar-refractivity contribution in [2.24, 2.45) is 0 Å². The average molecular weight is 377 g/mol. The monoisotopic (exact) mass is 376 g/mol. The molecular formula is C19H25ClN4O2. The van der Waals surface area contributed by atoms with Crippen LogP contribution in [-0.4, -0.2) is 52.4 Å². The summed E-state index contributed by atoms with van der Waals surface area (Å²) in [6.07, 6.45) is 1.85. The molecule has 1 aliphatic rings. The molecule has 1 atom stereocenters. The first-order valence-electron chi connectivity index (χ1n) is 9.05. The summed E-state index contributed by atoms with van der Waals surface area (Å²) in [6.45, 7) is 5.98. The Labute approximate surface area is 158 Å². The van der Waals surface area contributed by atoms with E-state index in [0.29, 0.717) is 24.7 Å². The zero-order valence-electron chi connectivity index (χ0n) is 15.2. The number of likely N-dealkylation sites (tertiary alicyclic amines) is 1. The van der Waals surface area contributed by atoms with E-state index in [-0.39, 0.29) is 18.0 Å². The van der Waals surface area contributed by atoms with Crippen molar-refractivity contribution in [2.75, 3.05) is 19.6 Å². The predicted octanol–water partition coefficient (Wildman–Crippen LogP) is 3.36. The molecule has 6 nitrogen and oxygen atoms in total. The Morgan fingerprint density at radius 2 is 2.19 bits per heavy atom. The van der Waals surface area contributed by atoms with Crippen molar-refractivity contribution >= 4 is 34.4 Å². The van der Waals surface area contributed by atoms with Crippen LogP contribution in [0.4, 0.5) is 4.79 Å². The van der Waals surface area contributed by atoms with E-state index in [9.17, 15) is 9.59 Å². The molecule has 2 heterocycles. The number of fused-ring (bicyclic) bond motifs is 1. The van der Waals surface area contributed by atoms with Gasteiger partial charge in [-0.25, -0.2) is 4.79 Å². The smallest absolute Gasteiger partial charge is 0.318 e. The lowest BCUT2D eigenvalue weighted by molar-refractivity contribution is -0.130. The molecule has 0 radical (unpaired) electrons. The normalized spacial score (nSPS) is 17.3. The Morgan fingerprint density at radius 1 is 1.38 bits per heavy atom. The summed E-state index contributed by atoms with van der Waals surface area (Å²) in [5, 5.41) is 4.70. The molecule has 1 aromatic heterocycles. The first-order valence-corrected chi connectivity index (χ1v) is 9.43. The number of piperidine rings is 1. The van der Waals surface area contributed by atoms with Gasteiger partial charge >= 0.3 is 6.03 Å². The van der Waals surface area contributed by atoms with Crippen LogP contribution in [0.5, 0.6) is 0 Å². The molecule has 26 heavy (non-hydrogen) atoms. The summed E-state index contributed by atoms with van der Waals surface area (Å²) in [6, 6.07) is 7.63. The summed E-state index contributed by atoms with van der Waals surface area (Å²) >= 11 is 6.02. The summed E-state index contributed by atoms with van der Waals surface area (Å²) in [7, 11) is 0. The van der Waals surface area contributed by atoms with E-state index in [1.807, 2.05) is 41.0 Å². The molecule has 0 saturated carbocycles. The van der Waals surface area contributed by atoms with Crippen LogP contribution in [0, 0.1) is 0 Å². The molecule has 1 aromatic carbocycles. The van der Waals surface area contributed by atoms with E-state index in [1.165, 1.54) is 0 Å². The van der Waals surface area contributed by atoms with Crippen LogP contribution in [0.1, 0.15) is 32.4 Å². The predicted molar refractivity (Wildman–Crippen MR) is 103 cm³/mol. The summed E-state index contributed by atoms with van der Waals surface area (Å²) < 4.78 is 0. The molecule has 0 aliphatic carbocycles. The Bertz CT molecular complexity index is 804. The molecule has 1 saturated heterocycles. The molecule has 2 aromatic rings. The van der Waals surface area contributed by atoms with Crippen molar-refractivity contribution in [3.63, 3.8) is 0 Å². The van der Waals surface area contributed by atoms with Gasteiger partial charge in [-0.3, -0.25) is 4.79 Å². The summed E-state index contributed by atoms with van der Waals surface area (Å²) in [5.41, 5.74) is 1.93. The fourth-order valence-electron chi connectivity index (χ4n) is 3.59.